The molecule has 1 saturated heterocycles. The van der Waals surface area contributed by atoms with Gasteiger partial charge < -0.3 is 15.0 Å². The lowest BCUT2D eigenvalue weighted by atomic mass is 9.49. The van der Waals surface area contributed by atoms with Gasteiger partial charge >= 0.3 is 0 Å². The molecular weight excluding hydrogens is 340 g/mol. The number of carbonyl (C=O) groups excluding carboxylic acids is 2. The topological polar surface area (TPSA) is 58.6 Å². The number of hydrogen-bond acceptors (Lipinski definition) is 3. The molecule has 0 aromatic heterocycles. The van der Waals surface area contributed by atoms with E-state index >= 15 is 0 Å². The highest BCUT2D eigenvalue weighted by atomic mass is 16.5. The molecule has 144 valence electrons. The van der Waals surface area contributed by atoms with E-state index in [0.29, 0.717) is 31.9 Å². The highest BCUT2D eigenvalue weighted by molar-refractivity contribution is 5.97. The number of hydrogen-bond donors (Lipinski definition) is 1. The van der Waals surface area contributed by atoms with Crippen LogP contribution in [-0.2, 0) is 9.53 Å². The molecule has 5 aliphatic rings. The van der Waals surface area contributed by atoms with Crippen molar-refractivity contribution in [3.8, 4) is 0 Å². The van der Waals surface area contributed by atoms with Crippen LogP contribution in [0.1, 0.15) is 48.9 Å². The SMILES string of the molecule is O=C(c1ccc(NC(=O)C23CC4CC(CC(C4)C2)C3)cc1)N1CCOCC1. The Labute approximate surface area is 160 Å². The lowest BCUT2D eigenvalue weighted by Gasteiger charge is -2.55. The maximum Gasteiger partial charge on any atom is 0.254 e. The summed E-state index contributed by atoms with van der Waals surface area (Å²) in [5, 5.41) is 3.16. The smallest absolute Gasteiger partial charge is 0.254 e. The van der Waals surface area contributed by atoms with E-state index in [1.165, 1.54) is 19.3 Å². The molecule has 0 atom stereocenters. The second-order valence-corrected chi connectivity index (χ2v) is 9.13. The molecule has 0 spiro atoms. The summed E-state index contributed by atoms with van der Waals surface area (Å²) in [6, 6.07) is 7.39. The maximum atomic E-state index is 13.1. The molecule has 4 saturated carbocycles. The van der Waals surface area contributed by atoms with Gasteiger partial charge in [0.05, 0.1) is 18.6 Å². The molecule has 0 unspecified atom stereocenters. The van der Waals surface area contributed by atoms with E-state index < -0.39 is 0 Å². The van der Waals surface area contributed by atoms with Crippen molar-refractivity contribution in [3.63, 3.8) is 0 Å². The molecule has 5 fully saturated rings. The minimum atomic E-state index is -0.142. The summed E-state index contributed by atoms with van der Waals surface area (Å²) in [6.07, 6.45) is 7.22. The average Bonchev–Trinajstić information content (AvgIpc) is 2.68. The fraction of sp³-hybridized carbons (Fsp3) is 0.636. The van der Waals surface area contributed by atoms with Crippen molar-refractivity contribution >= 4 is 17.5 Å². The summed E-state index contributed by atoms with van der Waals surface area (Å²) >= 11 is 0. The van der Waals surface area contributed by atoms with E-state index in [2.05, 4.69) is 5.32 Å². The Morgan fingerprint density at radius 1 is 0.926 bits per heavy atom. The van der Waals surface area contributed by atoms with Crippen LogP contribution >= 0.6 is 0 Å². The maximum absolute atomic E-state index is 13.1. The van der Waals surface area contributed by atoms with Crippen molar-refractivity contribution in [1.82, 2.24) is 4.90 Å². The van der Waals surface area contributed by atoms with E-state index in [9.17, 15) is 9.59 Å². The molecule has 0 radical (unpaired) electrons. The number of nitrogens with one attached hydrogen (secondary N) is 1. The third-order valence-corrected chi connectivity index (χ3v) is 7.21. The van der Waals surface area contributed by atoms with Crippen molar-refractivity contribution in [2.45, 2.75) is 38.5 Å². The molecule has 5 heteroatoms. The number of anilines is 1. The summed E-state index contributed by atoms with van der Waals surface area (Å²) in [4.78, 5) is 27.5. The van der Waals surface area contributed by atoms with Gasteiger partial charge in [0.25, 0.3) is 5.91 Å². The molecule has 4 aliphatic carbocycles. The van der Waals surface area contributed by atoms with Crippen molar-refractivity contribution in [2.75, 3.05) is 31.6 Å². The number of benzene rings is 1. The van der Waals surface area contributed by atoms with Crippen LogP contribution in [0.4, 0.5) is 5.69 Å². The van der Waals surface area contributed by atoms with E-state index in [0.717, 1.165) is 42.7 Å². The van der Waals surface area contributed by atoms with Crippen molar-refractivity contribution < 1.29 is 14.3 Å². The Morgan fingerprint density at radius 2 is 1.48 bits per heavy atom. The Morgan fingerprint density at radius 3 is 2.04 bits per heavy atom. The summed E-state index contributed by atoms with van der Waals surface area (Å²) in [6.45, 7) is 2.49. The zero-order valence-corrected chi connectivity index (χ0v) is 15.8. The molecule has 27 heavy (non-hydrogen) atoms. The number of carbonyl (C=O) groups is 2. The Hall–Kier alpha value is -1.88. The van der Waals surface area contributed by atoms with Gasteiger partial charge in [-0.05, 0) is 80.5 Å². The van der Waals surface area contributed by atoms with Crippen LogP contribution in [-0.4, -0.2) is 43.0 Å². The first-order valence-corrected chi connectivity index (χ1v) is 10.4. The van der Waals surface area contributed by atoms with Crippen molar-refractivity contribution in [1.29, 1.82) is 0 Å². The first-order chi connectivity index (χ1) is 13.1. The molecule has 1 N–H and O–H groups in total. The summed E-state index contributed by atoms with van der Waals surface area (Å²) < 4.78 is 5.31. The largest absolute Gasteiger partial charge is 0.378 e. The van der Waals surface area contributed by atoms with Crippen LogP contribution in [0.3, 0.4) is 0 Å². The van der Waals surface area contributed by atoms with Gasteiger partial charge in [0.15, 0.2) is 0 Å². The number of amides is 2. The lowest BCUT2D eigenvalue weighted by molar-refractivity contribution is -0.140. The van der Waals surface area contributed by atoms with Crippen LogP contribution in [0.5, 0.6) is 0 Å². The molecule has 4 bridgehead atoms. The minimum absolute atomic E-state index is 0.0391. The van der Waals surface area contributed by atoms with Crippen LogP contribution in [0, 0.1) is 23.2 Å². The number of ether oxygens (including phenoxy) is 1. The number of morpholine rings is 1. The molecule has 1 aliphatic heterocycles. The fourth-order valence-corrected chi connectivity index (χ4v) is 6.30. The Balaban J connectivity index is 1.26. The van der Waals surface area contributed by atoms with E-state index in [-0.39, 0.29) is 17.2 Å². The first kappa shape index (κ1) is 17.2. The van der Waals surface area contributed by atoms with Gasteiger partial charge in [0, 0.05) is 24.3 Å². The first-order valence-electron chi connectivity index (χ1n) is 10.4. The standard InChI is InChI=1S/C22H28N2O3/c25-20(24-5-7-27-8-6-24)18-1-3-19(4-2-18)23-21(26)22-12-15-9-16(13-22)11-17(10-15)14-22/h1-4,15-17H,5-14H2,(H,23,26). The Kier molecular flexibility index (Phi) is 4.23. The summed E-state index contributed by atoms with van der Waals surface area (Å²) in [7, 11) is 0. The van der Waals surface area contributed by atoms with Gasteiger partial charge in [-0.25, -0.2) is 0 Å². The monoisotopic (exact) mass is 368 g/mol. The third-order valence-electron chi connectivity index (χ3n) is 7.21. The second-order valence-electron chi connectivity index (χ2n) is 9.13. The molecular formula is C22H28N2O3. The summed E-state index contributed by atoms with van der Waals surface area (Å²) in [5.41, 5.74) is 1.33. The third kappa shape index (κ3) is 3.16. The van der Waals surface area contributed by atoms with Gasteiger partial charge in [-0.15, -0.1) is 0 Å². The van der Waals surface area contributed by atoms with E-state index in [4.69, 9.17) is 4.74 Å². The molecule has 5 nitrogen and oxygen atoms in total. The Bertz CT molecular complexity index is 701. The predicted molar refractivity (Wildman–Crippen MR) is 102 cm³/mol. The molecule has 2 amide bonds. The van der Waals surface area contributed by atoms with E-state index in [1.807, 2.05) is 29.2 Å². The quantitative estimate of drug-likeness (QED) is 0.890. The predicted octanol–water partition coefficient (Wildman–Crippen LogP) is 3.31. The van der Waals surface area contributed by atoms with Crippen LogP contribution in [0.25, 0.3) is 0 Å². The van der Waals surface area contributed by atoms with Crippen molar-refractivity contribution in [3.05, 3.63) is 29.8 Å². The fourth-order valence-electron chi connectivity index (χ4n) is 6.30. The summed E-state index contributed by atoms with van der Waals surface area (Å²) in [5.74, 6) is 2.52. The molecule has 1 heterocycles. The average molecular weight is 368 g/mol. The number of nitrogens with zero attached hydrogens (tertiary/aromatic N) is 1. The van der Waals surface area contributed by atoms with Gasteiger partial charge in [0.1, 0.15) is 0 Å². The van der Waals surface area contributed by atoms with Crippen LogP contribution < -0.4 is 5.32 Å². The number of rotatable bonds is 3. The van der Waals surface area contributed by atoms with Gasteiger partial charge in [-0.3, -0.25) is 9.59 Å². The molecule has 6 rings (SSSR count). The van der Waals surface area contributed by atoms with Gasteiger partial charge in [-0.1, -0.05) is 0 Å². The zero-order chi connectivity index (χ0) is 18.4. The van der Waals surface area contributed by atoms with Gasteiger partial charge in [-0.2, -0.15) is 0 Å². The van der Waals surface area contributed by atoms with Crippen LogP contribution in [0.15, 0.2) is 24.3 Å². The minimum Gasteiger partial charge on any atom is -0.378 e. The van der Waals surface area contributed by atoms with Gasteiger partial charge in [0.2, 0.25) is 5.91 Å². The van der Waals surface area contributed by atoms with E-state index in [1.54, 1.807) is 0 Å². The highest BCUT2D eigenvalue weighted by Crippen LogP contribution is 2.60. The van der Waals surface area contributed by atoms with Crippen LogP contribution in [0.2, 0.25) is 0 Å². The normalized spacial score (nSPS) is 34.5. The highest BCUT2D eigenvalue weighted by Gasteiger charge is 2.54. The molecule has 1 aromatic carbocycles. The lowest BCUT2D eigenvalue weighted by Crippen LogP contribution is -2.51. The second kappa shape index (κ2) is 6.62. The van der Waals surface area contributed by atoms with Crippen molar-refractivity contribution in [2.24, 2.45) is 23.2 Å². The molecule has 1 aromatic rings. The zero-order valence-electron chi connectivity index (χ0n) is 15.8.